The highest BCUT2D eigenvalue weighted by atomic mass is 127. The molecule has 0 aliphatic carbocycles. The molecule has 7 nitrogen and oxygen atoms in total. The van der Waals surface area contributed by atoms with Gasteiger partial charge in [0.1, 0.15) is 5.75 Å². The van der Waals surface area contributed by atoms with Crippen LogP contribution in [0.5, 0.6) is 5.75 Å². The summed E-state index contributed by atoms with van der Waals surface area (Å²) in [5.41, 5.74) is 1.16. The van der Waals surface area contributed by atoms with Crippen molar-refractivity contribution in [2.24, 2.45) is 4.99 Å². The standard InChI is InChI=1S/C22H38N4O3.HI/c1-4-23-22(24-12-5-14-29-21-11-16-27-18-21)25-17-19-7-9-20(10-8-19)28-15-6-13-26(2)3;/h7-10,21H,4-6,11-18H2,1-3H3,(H2,23,24,25);1H. The van der Waals surface area contributed by atoms with Crippen LogP contribution >= 0.6 is 24.0 Å². The van der Waals surface area contributed by atoms with Crippen LogP contribution in [0.25, 0.3) is 0 Å². The number of rotatable bonds is 13. The summed E-state index contributed by atoms with van der Waals surface area (Å²) in [5, 5.41) is 6.66. The van der Waals surface area contributed by atoms with Crippen LogP contribution in [-0.2, 0) is 16.0 Å². The smallest absolute Gasteiger partial charge is 0.191 e. The van der Waals surface area contributed by atoms with Gasteiger partial charge in [0.25, 0.3) is 0 Å². The summed E-state index contributed by atoms with van der Waals surface area (Å²) in [7, 11) is 4.15. The number of guanidine groups is 1. The molecule has 0 radical (unpaired) electrons. The lowest BCUT2D eigenvalue weighted by molar-refractivity contribution is 0.0420. The maximum atomic E-state index is 5.79. The van der Waals surface area contributed by atoms with Crippen LogP contribution in [-0.4, -0.2) is 77.1 Å². The van der Waals surface area contributed by atoms with Crippen LogP contribution in [0.4, 0.5) is 0 Å². The number of nitrogens with zero attached hydrogens (tertiary/aromatic N) is 2. The summed E-state index contributed by atoms with van der Waals surface area (Å²) >= 11 is 0. The summed E-state index contributed by atoms with van der Waals surface area (Å²) in [4.78, 5) is 6.84. The quantitative estimate of drug-likeness (QED) is 0.176. The minimum absolute atomic E-state index is 0. The Hall–Kier alpha value is -1.10. The number of nitrogens with one attached hydrogen (secondary N) is 2. The van der Waals surface area contributed by atoms with Crippen LogP contribution in [0.3, 0.4) is 0 Å². The normalized spacial score (nSPS) is 16.4. The summed E-state index contributed by atoms with van der Waals surface area (Å²) < 4.78 is 16.9. The van der Waals surface area contributed by atoms with Crippen LogP contribution in [0.1, 0.15) is 31.7 Å². The molecule has 2 N–H and O–H groups in total. The zero-order chi connectivity index (χ0) is 20.7. The van der Waals surface area contributed by atoms with E-state index in [0.29, 0.717) is 6.54 Å². The lowest BCUT2D eigenvalue weighted by Crippen LogP contribution is -2.38. The zero-order valence-corrected chi connectivity index (χ0v) is 21.0. The molecule has 0 spiro atoms. The molecular weight excluding hydrogens is 495 g/mol. The Morgan fingerprint density at radius 3 is 2.63 bits per heavy atom. The zero-order valence-electron chi connectivity index (χ0n) is 18.7. The SMILES string of the molecule is CCNC(=NCc1ccc(OCCCN(C)C)cc1)NCCCOC1CCOC1.I. The average molecular weight is 534 g/mol. The molecule has 0 saturated carbocycles. The van der Waals surface area contributed by atoms with Crippen molar-refractivity contribution in [3.8, 4) is 5.75 Å². The predicted molar refractivity (Wildman–Crippen MR) is 133 cm³/mol. The van der Waals surface area contributed by atoms with Gasteiger partial charge in [0.05, 0.1) is 25.9 Å². The van der Waals surface area contributed by atoms with Gasteiger partial charge in [-0.1, -0.05) is 12.1 Å². The lowest BCUT2D eigenvalue weighted by Gasteiger charge is -2.13. The number of hydrogen-bond acceptors (Lipinski definition) is 5. The van der Waals surface area contributed by atoms with Crippen LogP contribution in [0, 0.1) is 0 Å². The molecule has 1 fully saturated rings. The number of aliphatic imine (C=N–C) groups is 1. The van der Waals surface area contributed by atoms with Crippen molar-refractivity contribution in [2.75, 3.05) is 60.2 Å². The second-order valence-electron chi connectivity index (χ2n) is 7.48. The number of hydrogen-bond donors (Lipinski definition) is 2. The molecule has 1 aromatic carbocycles. The van der Waals surface area contributed by atoms with Gasteiger partial charge in [-0.3, -0.25) is 0 Å². The maximum absolute atomic E-state index is 5.79. The molecule has 1 saturated heterocycles. The van der Waals surface area contributed by atoms with Crippen molar-refractivity contribution >= 4 is 29.9 Å². The van der Waals surface area contributed by atoms with Crippen molar-refractivity contribution in [2.45, 2.75) is 38.8 Å². The Morgan fingerprint density at radius 1 is 1.17 bits per heavy atom. The molecule has 8 heteroatoms. The molecule has 172 valence electrons. The van der Waals surface area contributed by atoms with Crippen molar-refractivity contribution in [1.29, 1.82) is 0 Å². The third kappa shape index (κ3) is 11.9. The molecule has 1 heterocycles. The van der Waals surface area contributed by atoms with E-state index in [1.807, 2.05) is 12.1 Å². The van der Waals surface area contributed by atoms with E-state index in [4.69, 9.17) is 14.2 Å². The molecule has 1 unspecified atom stereocenters. The van der Waals surface area contributed by atoms with E-state index in [1.54, 1.807) is 0 Å². The third-order valence-electron chi connectivity index (χ3n) is 4.56. The molecule has 1 aliphatic heterocycles. The van der Waals surface area contributed by atoms with Crippen molar-refractivity contribution in [3.05, 3.63) is 29.8 Å². The monoisotopic (exact) mass is 534 g/mol. The van der Waals surface area contributed by atoms with E-state index in [2.05, 4.69) is 53.7 Å². The van der Waals surface area contributed by atoms with Gasteiger partial charge in [-0.05, 0) is 58.0 Å². The molecule has 1 aliphatic rings. The third-order valence-corrected chi connectivity index (χ3v) is 4.56. The largest absolute Gasteiger partial charge is 0.494 e. The fraction of sp³-hybridized carbons (Fsp3) is 0.682. The van der Waals surface area contributed by atoms with E-state index in [0.717, 1.165) is 82.6 Å². The lowest BCUT2D eigenvalue weighted by atomic mass is 10.2. The second-order valence-corrected chi connectivity index (χ2v) is 7.48. The fourth-order valence-corrected chi connectivity index (χ4v) is 2.95. The van der Waals surface area contributed by atoms with Gasteiger partial charge in [0.2, 0.25) is 0 Å². The summed E-state index contributed by atoms with van der Waals surface area (Å²) in [6.45, 7) is 8.45. The first-order valence-corrected chi connectivity index (χ1v) is 10.8. The summed E-state index contributed by atoms with van der Waals surface area (Å²) in [5.74, 6) is 1.75. The van der Waals surface area contributed by atoms with E-state index in [9.17, 15) is 0 Å². The average Bonchev–Trinajstić information content (AvgIpc) is 3.23. The molecule has 1 atom stereocenters. The highest BCUT2D eigenvalue weighted by molar-refractivity contribution is 14.0. The first-order valence-electron chi connectivity index (χ1n) is 10.8. The van der Waals surface area contributed by atoms with Gasteiger partial charge >= 0.3 is 0 Å². The van der Waals surface area contributed by atoms with E-state index in [-0.39, 0.29) is 30.1 Å². The number of ether oxygens (including phenoxy) is 3. The maximum Gasteiger partial charge on any atom is 0.191 e. The highest BCUT2D eigenvalue weighted by Gasteiger charge is 2.15. The Balaban J connectivity index is 0.00000450. The predicted octanol–water partition coefficient (Wildman–Crippen LogP) is 2.89. The molecule has 0 amide bonds. The molecular formula is C22H39IN4O3. The van der Waals surface area contributed by atoms with Crippen molar-refractivity contribution in [1.82, 2.24) is 15.5 Å². The van der Waals surface area contributed by atoms with Crippen LogP contribution in [0.15, 0.2) is 29.3 Å². The van der Waals surface area contributed by atoms with Gasteiger partial charge in [-0.2, -0.15) is 0 Å². The number of benzene rings is 1. The first-order chi connectivity index (χ1) is 14.2. The second kappa shape index (κ2) is 16.6. The molecule has 0 aromatic heterocycles. The number of halogens is 1. The minimum Gasteiger partial charge on any atom is -0.494 e. The van der Waals surface area contributed by atoms with E-state index >= 15 is 0 Å². The topological polar surface area (TPSA) is 67.4 Å². The molecule has 0 bridgehead atoms. The summed E-state index contributed by atoms with van der Waals surface area (Å²) in [6.07, 6.45) is 3.26. The molecule has 2 rings (SSSR count). The van der Waals surface area contributed by atoms with Gasteiger partial charge in [0, 0.05) is 32.8 Å². The van der Waals surface area contributed by atoms with Gasteiger partial charge in [-0.25, -0.2) is 4.99 Å². The minimum atomic E-state index is 0. The van der Waals surface area contributed by atoms with Gasteiger partial charge in [0.15, 0.2) is 5.96 Å². The van der Waals surface area contributed by atoms with Crippen molar-refractivity contribution < 1.29 is 14.2 Å². The van der Waals surface area contributed by atoms with Crippen LogP contribution < -0.4 is 15.4 Å². The van der Waals surface area contributed by atoms with E-state index in [1.165, 1.54) is 0 Å². The van der Waals surface area contributed by atoms with Crippen LogP contribution in [0.2, 0.25) is 0 Å². The molecule has 30 heavy (non-hydrogen) atoms. The van der Waals surface area contributed by atoms with Crippen molar-refractivity contribution in [3.63, 3.8) is 0 Å². The Labute approximate surface area is 199 Å². The molecule has 1 aromatic rings. The van der Waals surface area contributed by atoms with Gasteiger partial charge < -0.3 is 29.7 Å². The summed E-state index contributed by atoms with van der Waals surface area (Å²) in [6, 6.07) is 8.19. The van der Waals surface area contributed by atoms with Gasteiger partial charge in [-0.15, -0.1) is 24.0 Å². The highest BCUT2D eigenvalue weighted by Crippen LogP contribution is 2.13. The Bertz CT molecular complexity index is 578. The Kier molecular flexibility index (Phi) is 14.9. The fourth-order valence-electron chi connectivity index (χ4n) is 2.95. The van der Waals surface area contributed by atoms with E-state index < -0.39 is 0 Å². The first kappa shape index (κ1) is 26.9. The Morgan fingerprint density at radius 2 is 1.97 bits per heavy atom.